The summed E-state index contributed by atoms with van der Waals surface area (Å²) < 4.78 is 38.1. The molecule has 3 N–H and O–H groups in total. The lowest BCUT2D eigenvalue weighted by Gasteiger charge is -2.34. The molecule has 1 saturated heterocycles. The van der Waals surface area contributed by atoms with Gasteiger partial charge in [0.25, 0.3) is 0 Å². The second-order valence-electron chi connectivity index (χ2n) is 3.13. The topological polar surface area (TPSA) is 113 Å². The molecule has 14 heavy (non-hydrogen) atoms. The number of aliphatic hydroxyl groups is 2. The molecule has 4 atom stereocenters. The lowest BCUT2D eigenvalue weighted by molar-refractivity contribution is -0.238. The van der Waals surface area contributed by atoms with Gasteiger partial charge in [0, 0.05) is 6.42 Å². The Morgan fingerprint density at radius 1 is 1.43 bits per heavy atom. The van der Waals surface area contributed by atoms with Gasteiger partial charge in [-0.1, -0.05) is 0 Å². The lowest BCUT2D eigenvalue weighted by Crippen LogP contribution is -2.49. The zero-order valence-corrected chi connectivity index (χ0v) is 8.22. The molecule has 1 aliphatic rings. The standard InChI is InChI=1S/C6H12O7S/c1-3-2-4(13-14(9,10)11)5(7)6(8)12-3/h3-8H,2H2,1H3,(H,9,10,11)/t3-,4+,5+,6+/m0/s1. The molecule has 0 aromatic rings. The predicted octanol–water partition coefficient (Wildman–Crippen LogP) is -1.34. The van der Waals surface area contributed by atoms with Gasteiger partial charge in [-0.05, 0) is 6.92 Å². The van der Waals surface area contributed by atoms with Crippen molar-refractivity contribution in [1.82, 2.24) is 0 Å². The highest BCUT2D eigenvalue weighted by Crippen LogP contribution is 2.22. The number of aliphatic hydroxyl groups excluding tert-OH is 2. The van der Waals surface area contributed by atoms with E-state index >= 15 is 0 Å². The molecule has 0 amide bonds. The molecule has 0 bridgehead atoms. The molecule has 1 heterocycles. The Morgan fingerprint density at radius 2 is 2.00 bits per heavy atom. The van der Waals surface area contributed by atoms with Crippen LogP contribution in [0.3, 0.4) is 0 Å². The SMILES string of the molecule is C[C@H]1C[C@@H](OS(=O)(=O)O)[C@@H](O)[C@H](O)O1. The smallest absolute Gasteiger partial charge is 0.385 e. The highest BCUT2D eigenvalue weighted by Gasteiger charge is 2.38. The molecular formula is C6H12O7S. The van der Waals surface area contributed by atoms with Gasteiger partial charge in [0.05, 0.1) is 6.10 Å². The molecule has 8 heteroatoms. The number of hydrogen-bond donors (Lipinski definition) is 3. The van der Waals surface area contributed by atoms with Crippen molar-refractivity contribution >= 4 is 10.4 Å². The monoisotopic (exact) mass is 228 g/mol. The van der Waals surface area contributed by atoms with Crippen molar-refractivity contribution in [2.75, 3.05) is 0 Å². The normalized spacial score (nSPS) is 39.7. The minimum atomic E-state index is -4.63. The molecule has 84 valence electrons. The van der Waals surface area contributed by atoms with Crippen LogP contribution in [-0.4, -0.2) is 47.8 Å². The largest absolute Gasteiger partial charge is 0.397 e. The number of ether oxygens (including phenoxy) is 1. The summed E-state index contributed by atoms with van der Waals surface area (Å²) in [7, 11) is -4.63. The molecule has 1 rings (SSSR count). The van der Waals surface area contributed by atoms with Crippen LogP contribution in [0.15, 0.2) is 0 Å². The van der Waals surface area contributed by atoms with Crippen LogP contribution in [0.25, 0.3) is 0 Å². The van der Waals surface area contributed by atoms with Crippen LogP contribution in [0.5, 0.6) is 0 Å². The van der Waals surface area contributed by atoms with Gasteiger partial charge in [-0.2, -0.15) is 8.42 Å². The first kappa shape index (κ1) is 11.8. The summed E-state index contributed by atoms with van der Waals surface area (Å²) in [6.07, 6.45) is -4.58. The third kappa shape index (κ3) is 3.15. The van der Waals surface area contributed by atoms with Crippen molar-refractivity contribution in [2.24, 2.45) is 0 Å². The average molecular weight is 228 g/mol. The van der Waals surface area contributed by atoms with E-state index in [2.05, 4.69) is 4.18 Å². The second kappa shape index (κ2) is 4.09. The van der Waals surface area contributed by atoms with Gasteiger partial charge in [0.2, 0.25) is 0 Å². The maximum atomic E-state index is 10.4. The van der Waals surface area contributed by atoms with E-state index in [-0.39, 0.29) is 6.42 Å². The van der Waals surface area contributed by atoms with Gasteiger partial charge in [-0.15, -0.1) is 0 Å². The molecule has 0 aliphatic carbocycles. The Kier molecular flexibility index (Phi) is 3.45. The van der Waals surface area contributed by atoms with Crippen LogP contribution in [0.2, 0.25) is 0 Å². The Labute approximate surface area is 81.2 Å². The molecule has 7 nitrogen and oxygen atoms in total. The Bertz CT molecular complexity index is 287. The fourth-order valence-electron chi connectivity index (χ4n) is 1.28. The molecule has 0 aromatic carbocycles. The summed E-state index contributed by atoms with van der Waals surface area (Å²) in [5.74, 6) is 0. The Morgan fingerprint density at radius 3 is 2.50 bits per heavy atom. The lowest BCUT2D eigenvalue weighted by atomic mass is 10.0. The van der Waals surface area contributed by atoms with Crippen molar-refractivity contribution in [3.05, 3.63) is 0 Å². The Hall–Kier alpha value is -0.250. The molecule has 0 saturated carbocycles. The summed E-state index contributed by atoms with van der Waals surface area (Å²) in [5.41, 5.74) is 0. The highest BCUT2D eigenvalue weighted by molar-refractivity contribution is 7.80. The molecule has 1 aliphatic heterocycles. The third-order valence-electron chi connectivity index (χ3n) is 1.85. The molecule has 1 fully saturated rings. The van der Waals surface area contributed by atoms with Crippen LogP contribution in [-0.2, 0) is 19.3 Å². The second-order valence-corrected chi connectivity index (χ2v) is 4.17. The van der Waals surface area contributed by atoms with Gasteiger partial charge in [-0.3, -0.25) is 4.55 Å². The van der Waals surface area contributed by atoms with Gasteiger partial charge in [0.15, 0.2) is 6.29 Å². The van der Waals surface area contributed by atoms with Gasteiger partial charge in [-0.25, -0.2) is 4.18 Å². The number of hydrogen-bond acceptors (Lipinski definition) is 6. The fraction of sp³-hybridized carbons (Fsp3) is 1.00. The van der Waals surface area contributed by atoms with Crippen molar-refractivity contribution in [3.8, 4) is 0 Å². The van der Waals surface area contributed by atoms with Crippen molar-refractivity contribution in [1.29, 1.82) is 0 Å². The zero-order valence-electron chi connectivity index (χ0n) is 7.40. The van der Waals surface area contributed by atoms with E-state index in [9.17, 15) is 13.5 Å². The third-order valence-corrected chi connectivity index (χ3v) is 2.34. The number of rotatable bonds is 2. The minimum absolute atomic E-state index is 0.0675. The maximum Gasteiger partial charge on any atom is 0.397 e. The molecule has 0 aromatic heterocycles. The summed E-state index contributed by atoms with van der Waals surface area (Å²) in [4.78, 5) is 0. The average Bonchev–Trinajstić information content (AvgIpc) is 1.96. The first-order chi connectivity index (χ1) is 6.29. The summed E-state index contributed by atoms with van der Waals surface area (Å²) >= 11 is 0. The summed E-state index contributed by atoms with van der Waals surface area (Å²) in [5, 5.41) is 18.3. The van der Waals surface area contributed by atoms with E-state index < -0.39 is 35.0 Å². The Balaban J connectivity index is 2.67. The zero-order chi connectivity index (χ0) is 10.9. The van der Waals surface area contributed by atoms with E-state index in [4.69, 9.17) is 14.4 Å². The first-order valence-electron chi connectivity index (χ1n) is 3.97. The molecule has 0 unspecified atom stereocenters. The van der Waals surface area contributed by atoms with Crippen molar-refractivity contribution in [3.63, 3.8) is 0 Å². The van der Waals surface area contributed by atoms with Crippen LogP contribution in [0.1, 0.15) is 13.3 Å². The van der Waals surface area contributed by atoms with Crippen LogP contribution < -0.4 is 0 Å². The van der Waals surface area contributed by atoms with Crippen LogP contribution >= 0.6 is 0 Å². The molecule has 0 radical (unpaired) electrons. The van der Waals surface area contributed by atoms with E-state index in [1.165, 1.54) is 0 Å². The van der Waals surface area contributed by atoms with Gasteiger partial charge >= 0.3 is 10.4 Å². The molecular weight excluding hydrogens is 216 g/mol. The predicted molar refractivity (Wildman–Crippen MR) is 43.6 cm³/mol. The quantitative estimate of drug-likeness (QED) is 0.501. The van der Waals surface area contributed by atoms with E-state index in [0.29, 0.717) is 0 Å². The summed E-state index contributed by atoms with van der Waals surface area (Å²) in [6.45, 7) is 1.58. The maximum absolute atomic E-state index is 10.4. The van der Waals surface area contributed by atoms with E-state index in [1.807, 2.05) is 0 Å². The molecule has 0 spiro atoms. The fourth-order valence-corrected chi connectivity index (χ4v) is 1.78. The minimum Gasteiger partial charge on any atom is -0.385 e. The van der Waals surface area contributed by atoms with Crippen molar-refractivity contribution < 1.29 is 32.1 Å². The highest BCUT2D eigenvalue weighted by atomic mass is 32.3. The van der Waals surface area contributed by atoms with Crippen molar-refractivity contribution in [2.45, 2.75) is 37.9 Å². The van der Waals surface area contributed by atoms with Gasteiger partial charge in [0.1, 0.15) is 12.2 Å². The first-order valence-corrected chi connectivity index (χ1v) is 5.33. The van der Waals surface area contributed by atoms with Gasteiger partial charge < -0.3 is 14.9 Å². The van der Waals surface area contributed by atoms with Crippen LogP contribution in [0.4, 0.5) is 0 Å². The van der Waals surface area contributed by atoms with E-state index in [0.717, 1.165) is 0 Å². The van der Waals surface area contributed by atoms with Crippen LogP contribution in [0, 0.1) is 0 Å². The van der Waals surface area contributed by atoms with E-state index in [1.54, 1.807) is 6.92 Å². The summed E-state index contributed by atoms with van der Waals surface area (Å²) in [6, 6.07) is 0.